The molecule has 1 N–H and O–H groups in total. The van der Waals surface area contributed by atoms with Crippen LogP contribution >= 0.6 is 0 Å². The minimum Gasteiger partial charge on any atom is -0.349 e. The van der Waals surface area contributed by atoms with Crippen molar-refractivity contribution < 1.29 is 13.6 Å². The van der Waals surface area contributed by atoms with Gasteiger partial charge in [-0.15, -0.1) is 5.54 Å². The van der Waals surface area contributed by atoms with E-state index in [0.717, 1.165) is 0 Å². The van der Waals surface area contributed by atoms with E-state index in [2.05, 4.69) is 41.5 Å². The van der Waals surface area contributed by atoms with Crippen molar-refractivity contribution in [2.24, 2.45) is 7.05 Å². The summed E-state index contributed by atoms with van der Waals surface area (Å²) in [5.41, 5.74) is 4.22. The Morgan fingerprint density at radius 1 is 1.43 bits per heavy atom. The fourth-order valence-electron chi connectivity index (χ4n) is 2.13. The normalized spacial score (nSPS) is 17.1. The Bertz CT molecular complexity index is 647. The highest BCUT2D eigenvalue weighted by Gasteiger charge is 2.43. The third-order valence-corrected chi connectivity index (χ3v) is 4.18. The first-order valence-electron chi connectivity index (χ1n) is 7.51. The van der Waals surface area contributed by atoms with Crippen molar-refractivity contribution >= 4 is 14.0 Å². The lowest BCUT2D eigenvalue weighted by Crippen LogP contribution is -2.57. The summed E-state index contributed by atoms with van der Waals surface area (Å²) in [6.07, 6.45) is 0. The maximum absolute atomic E-state index is 12.7. The minimum atomic E-state index is -2.57. The van der Waals surface area contributed by atoms with Crippen LogP contribution < -0.4 is 5.32 Å². The van der Waals surface area contributed by atoms with Gasteiger partial charge in [-0.25, -0.2) is 8.78 Å². The summed E-state index contributed by atoms with van der Waals surface area (Å²) < 4.78 is 27.0. The Kier molecular flexibility index (Phi) is 4.92. The Labute approximate surface area is 136 Å². The number of halogens is 2. The number of aryl methyl sites for hydroxylation is 1. The number of rotatable bonds is 4. The summed E-state index contributed by atoms with van der Waals surface area (Å²) >= 11 is 0. The second-order valence-corrected chi connectivity index (χ2v) is 11.6. The summed E-state index contributed by atoms with van der Waals surface area (Å²) in [7, 11) is 0.250. The predicted octanol–water partition coefficient (Wildman–Crippen LogP) is 1.33. The van der Waals surface area contributed by atoms with Gasteiger partial charge in [0.1, 0.15) is 13.8 Å². The quantitative estimate of drug-likeness (QED) is 0.665. The molecule has 8 heteroatoms. The second kappa shape index (κ2) is 6.41. The number of nitrogens with zero attached hydrogens (tertiary/aromatic N) is 3. The van der Waals surface area contributed by atoms with Gasteiger partial charge < -0.3 is 5.32 Å². The molecule has 0 spiro atoms. The molecule has 1 saturated heterocycles. The molecule has 1 aromatic heterocycles. The summed E-state index contributed by atoms with van der Waals surface area (Å²) in [5.74, 6) is 0.185. The van der Waals surface area contributed by atoms with E-state index in [1.54, 1.807) is 22.7 Å². The fraction of sp³-hybridized carbons (Fsp3) is 0.600. The van der Waals surface area contributed by atoms with E-state index in [1.165, 1.54) is 0 Å². The lowest BCUT2D eigenvalue weighted by atomic mass is 10.1. The lowest BCUT2D eigenvalue weighted by molar-refractivity contribution is -0.129. The molecule has 1 amide bonds. The zero-order valence-corrected chi connectivity index (χ0v) is 14.9. The van der Waals surface area contributed by atoms with Gasteiger partial charge in [0.15, 0.2) is 5.69 Å². The van der Waals surface area contributed by atoms with E-state index >= 15 is 0 Å². The topological polar surface area (TPSA) is 50.2 Å². The molecule has 0 aromatic carbocycles. The number of aromatic nitrogens is 2. The molecule has 0 atom stereocenters. The first kappa shape index (κ1) is 17.6. The van der Waals surface area contributed by atoms with Gasteiger partial charge in [-0.1, -0.05) is 25.6 Å². The molecule has 0 bridgehead atoms. The Morgan fingerprint density at radius 3 is 2.65 bits per heavy atom. The first-order valence-corrected chi connectivity index (χ1v) is 11.0. The second-order valence-electron chi connectivity index (χ2n) is 6.86. The minimum absolute atomic E-state index is 0.233. The average molecular weight is 340 g/mol. The van der Waals surface area contributed by atoms with E-state index in [-0.39, 0.29) is 19.0 Å². The molecular formula is C15H22F2N4OSi. The maximum atomic E-state index is 12.7. The largest absolute Gasteiger partial charge is 0.349 e. The van der Waals surface area contributed by atoms with Crippen LogP contribution in [-0.2, 0) is 7.05 Å². The van der Waals surface area contributed by atoms with Crippen molar-refractivity contribution in [3.8, 4) is 11.5 Å². The number of amides is 1. The molecule has 0 radical (unpaired) electrons. The molecule has 1 aliphatic heterocycles. The first-order chi connectivity index (χ1) is 10.6. The van der Waals surface area contributed by atoms with Gasteiger partial charge in [0.2, 0.25) is 0 Å². The fourth-order valence-corrected chi connectivity index (χ4v) is 2.63. The molecular weight excluding hydrogens is 318 g/mol. The summed E-state index contributed by atoms with van der Waals surface area (Å²) in [6, 6.07) is 1.65. The highest BCUT2D eigenvalue weighted by molar-refractivity contribution is 6.83. The molecule has 1 aliphatic rings. The zero-order valence-electron chi connectivity index (χ0n) is 13.9. The Hall–Kier alpha value is -1.72. The van der Waals surface area contributed by atoms with Crippen LogP contribution in [0.5, 0.6) is 0 Å². The van der Waals surface area contributed by atoms with Crippen molar-refractivity contribution in [2.45, 2.75) is 25.6 Å². The molecule has 23 heavy (non-hydrogen) atoms. The Balaban J connectivity index is 1.86. The number of alkyl halides is 2. The van der Waals surface area contributed by atoms with Gasteiger partial charge in [0.05, 0.1) is 13.1 Å². The third kappa shape index (κ3) is 5.15. The lowest BCUT2D eigenvalue weighted by Gasteiger charge is -2.38. The summed E-state index contributed by atoms with van der Waals surface area (Å²) in [4.78, 5) is 13.6. The molecule has 0 saturated carbocycles. The van der Waals surface area contributed by atoms with E-state index in [1.807, 2.05) is 0 Å². The number of hydrogen-bond acceptors (Lipinski definition) is 3. The van der Waals surface area contributed by atoms with Crippen LogP contribution in [0, 0.1) is 11.5 Å². The van der Waals surface area contributed by atoms with Crippen LogP contribution in [0.2, 0.25) is 19.6 Å². The van der Waals surface area contributed by atoms with Crippen LogP contribution in [0.3, 0.4) is 0 Å². The highest BCUT2D eigenvalue weighted by atomic mass is 28.3. The van der Waals surface area contributed by atoms with Gasteiger partial charge >= 0.3 is 0 Å². The van der Waals surface area contributed by atoms with Crippen molar-refractivity contribution in [3.63, 3.8) is 0 Å². The van der Waals surface area contributed by atoms with Gasteiger partial charge in [-0.3, -0.25) is 14.4 Å². The third-order valence-electron chi connectivity index (χ3n) is 3.30. The number of carbonyl (C=O) groups is 1. The van der Waals surface area contributed by atoms with Crippen molar-refractivity contribution in [1.82, 2.24) is 20.0 Å². The standard InChI is InChI=1S/C15H22F2N4OSi/c1-20-12(5-8-23(2,3)4)9-13(19-20)14(22)18-6-7-21-10-15(16,17)11-21/h9H,6-7,10-11H2,1-4H3,(H,18,22). The van der Waals surface area contributed by atoms with E-state index in [4.69, 9.17) is 0 Å². The van der Waals surface area contributed by atoms with Crippen LogP contribution in [0.1, 0.15) is 16.2 Å². The average Bonchev–Trinajstić information content (AvgIpc) is 2.74. The number of hydrogen-bond donors (Lipinski definition) is 1. The molecule has 0 unspecified atom stereocenters. The Morgan fingerprint density at radius 2 is 2.09 bits per heavy atom. The number of carbonyl (C=O) groups excluding carboxylic acids is 1. The molecule has 2 heterocycles. The van der Waals surface area contributed by atoms with Gasteiger partial charge in [-0.2, -0.15) is 5.10 Å². The highest BCUT2D eigenvalue weighted by Crippen LogP contribution is 2.25. The SMILES string of the molecule is Cn1nc(C(=O)NCCN2CC(F)(F)C2)cc1C#C[Si](C)(C)C. The van der Waals surface area contributed by atoms with Crippen molar-refractivity contribution in [2.75, 3.05) is 26.2 Å². The monoisotopic (exact) mass is 340 g/mol. The van der Waals surface area contributed by atoms with E-state index < -0.39 is 14.0 Å². The van der Waals surface area contributed by atoms with Crippen molar-refractivity contribution in [1.29, 1.82) is 0 Å². The van der Waals surface area contributed by atoms with E-state index in [9.17, 15) is 13.6 Å². The number of nitrogens with one attached hydrogen (secondary N) is 1. The van der Waals surface area contributed by atoms with Crippen LogP contribution in [0.15, 0.2) is 6.07 Å². The molecule has 2 rings (SSSR count). The zero-order chi connectivity index (χ0) is 17.3. The number of likely N-dealkylation sites (tertiary alicyclic amines) is 1. The molecule has 126 valence electrons. The maximum Gasteiger partial charge on any atom is 0.272 e. The van der Waals surface area contributed by atoms with Crippen molar-refractivity contribution in [3.05, 3.63) is 17.5 Å². The van der Waals surface area contributed by atoms with Gasteiger partial charge in [0.25, 0.3) is 11.8 Å². The van der Waals surface area contributed by atoms with Crippen LogP contribution in [0.25, 0.3) is 0 Å². The van der Waals surface area contributed by atoms with Gasteiger partial charge in [0, 0.05) is 26.2 Å². The summed E-state index contributed by atoms with van der Waals surface area (Å²) in [6.45, 7) is 6.69. The predicted molar refractivity (Wildman–Crippen MR) is 87.2 cm³/mol. The summed E-state index contributed by atoms with van der Waals surface area (Å²) in [5, 5.41) is 6.85. The molecule has 5 nitrogen and oxygen atoms in total. The van der Waals surface area contributed by atoms with Gasteiger partial charge in [-0.05, 0) is 0 Å². The molecule has 0 aliphatic carbocycles. The van der Waals surface area contributed by atoms with E-state index in [0.29, 0.717) is 24.5 Å². The molecule has 1 fully saturated rings. The smallest absolute Gasteiger partial charge is 0.272 e. The van der Waals surface area contributed by atoms with Crippen LogP contribution in [0.4, 0.5) is 8.78 Å². The van der Waals surface area contributed by atoms with Crippen LogP contribution in [-0.4, -0.2) is 60.8 Å². The molecule has 1 aromatic rings.